The van der Waals surface area contributed by atoms with Gasteiger partial charge in [-0.3, -0.25) is 0 Å². The maximum absolute atomic E-state index is 10.4. The van der Waals surface area contributed by atoms with E-state index in [1.54, 1.807) is 0 Å². The summed E-state index contributed by atoms with van der Waals surface area (Å²) in [4.78, 5) is 0. The minimum Gasteiger partial charge on any atom is -0.237 e. The predicted octanol–water partition coefficient (Wildman–Crippen LogP) is 5.08. The van der Waals surface area contributed by atoms with Crippen molar-refractivity contribution in [3.8, 4) is 0 Å². The second-order valence-electron chi connectivity index (χ2n) is 5.96. The van der Waals surface area contributed by atoms with E-state index < -0.39 is 0 Å². The first-order valence-electron chi connectivity index (χ1n) is 7.14. The van der Waals surface area contributed by atoms with Crippen molar-refractivity contribution in [3.63, 3.8) is 0 Å². The van der Waals surface area contributed by atoms with Crippen molar-refractivity contribution in [2.24, 2.45) is 17.8 Å². The van der Waals surface area contributed by atoms with Crippen LogP contribution in [0, 0.1) is 17.8 Å². The molecule has 0 aromatic carbocycles. The van der Waals surface area contributed by atoms with E-state index in [0.29, 0.717) is 5.92 Å². The lowest BCUT2D eigenvalue weighted by Gasteiger charge is -2.14. The van der Waals surface area contributed by atoms with Gasteiger partial charge in [0, 0.05) is 0 Å². The average Bonchev–Trinajstić information content (AvgIpc) is 2.17. The lowest BCUT2D eigenvalue weighted by Crippen LogP contribution is -2.01. The molecule has 1 nitrogen and oxygen atoms in total. The van der Waals surface area contributed by atoms with Gasteiger partial charge in [-0.1, -0.05) is 66.2 Å². The molecule has 1 radical (unpaired) electrons. The van der Waals surface area contributed by atoms with E-state index in [2.05, 4.69) is 27.7 Å². The van der Waals surface area contributed by atoms with Gasteiger partial charge in [-0.2, -0.15) is 0 Å². The monoisotopic (exact) mass is 227 g/mol. The maximum atomic E-state index is 10.4. The van der Waals surface area contributed by atoms with E-state index >= 15 is 0 Å². The van der Waals surface area contributed by atoms with Crippen LogP contribution in [-0.4, -0.2) is 6.61 Å². The molecule has 0 aliphatic rings. The highest BCUT2D eigenvalue weighted by atomic mass is 16.3. The highest BCUT2D eigenvalue weighted by Crippen LogP contribution is 2.19. The fourth-order valence-electron chi connectivity index (χ4n) is 2.18. The summed E-state index contributed by atoms with van der Waals surface area (Å²) in [6, 6.07) is 0. The lowest BCUT2D eigenvalue weighted by atomic mass is 9.93. The van der Waals surface area contributed by atoms with Gasteiger partial charge in [-0.15, -0.1) is 0 Å². The fraction of sp³-hybridized carbons (Fsp3) is 1.00. The molecule has 0 spiro atoms. The molecule has 1 heteroatoms. The van der Waals surface area contributed by atoms with Gasteiger partial charge in [-0.05, 0) is 24.2 Å². The van der Waals surface area contributed by atoms with Crippen LogP contribution < -0.4 is 0 Å². The van der Waals surface area contributed by atoms with Crippen molar-refractivity contribution >= 4 is 0 Å². The van der Waals surface area contributed by atoms with Gasteiger partial charge >= 0.3 is 0 Å². The summed E-state index contributed by atoms with van der Waals surface area (Å²) in [5, 5.41) is 10.4. The van der Waals surface area contributed by atoms with Crippen molar-refractivity contribution in [2.45, 2.75) is 72.6 Å². The quantitative estimate of drug-likeness (QED) is 0.496. The minimum absolute atomic E-state index is 0.102. The Morgan fingerprint density at radius 2 is 1.12 bits per heavy atom. The molecule has 0 aromatic rings. The average molecular weight is 227 g/mol. The van der Waals surface area contributed by atoms with Crippen molar-refractivity contribution in [2.75, 3.05) is 6.61 Å². The molecule has 0 saturated carbocycles. The zero-order valence-corrected chi connectivity index (χ0v) is 11.8. The first-order valence-corrected chi connectivity index (χ1v) is 7.14. The summed E-state index contributed by atoms with van der Waals surface area (Å²) in [7, 11) is 0. The molecule has 0 aromatic heterocycles. The Kier molecular flexibility index (Phi) is 10.1. The van der Waals surface area contributed by atoms with Crippen LogP contribution in [0.3, 0.4) is 0 Å². The Morgan fingerprint density at radius 1 is 0.688 bits per heavy atom. The van der Waals surface area contributed by atoms with E-state index in [-0.39, 0.29) is 6.61 Å². The zero-order valence-electron chi connectivity index (χ0n) is 11.8. The standard InChI is InChI=1S/C15H31O/c1-13(2)7-5-8-14(3)9-6-10-15(4)11-12-16/h13-15H,5-12H2,1-4H3. The van der Waals surface area contributed by atoms with Gasteiger partial charge in [0.15, 0.2) is 0 Å². The molecule has 0 aliphatic carbocycles. The van der Waals surface area contributed by atoms with Crippen molar-refractivity contribution in [1.29, 1.82) is 0 Å². The van der Waals surface area contributed by atoms with Crippen LogP contribution in [0.15, 0.2) is 0 Å². The van der Waals surface area contributed by atoms with Crippen molar-refractivity contribution < 1.29 is 5.11 Å². The van der Waals surface area contributed by atoms with Crippen LogP contribution in [0.2, 0.25) is 0 Å². The summed E-state index contributed by atoms with van der Waals surface area (Å²) in [6.07, 6.45) is 8.91. The largest absolute Gasteiger partial charge is 0.237 e. The Bertz CT molecular complexity index is 142. The van der Waals surface area contributed by atoms with Crippen molar-refractivity contribution in [1.82, 2.24) is 0 Å². The molecule has 0 heterocycles. The van der Waals surface area contributed by atoms with E-state index in [1.165, 1.54) is 38.5 Å². The van der Waals surface area contributed by atoms with Crippen LogP contribution in [0.1, 0.15) is 72.6 Å². The van der Waals surface area contributed by atoms with E-state index in [1.807, 2.05) is 0 Å². The van der Waals surface area contributed by atoms with Crippen molar-refractivity contribution in [3.05, 3.63) is 0 Å². The fourth-order valence-corrected chi connectivity index (χ4v) is 2.18. The zero-order chi connectivity index (χ0) is 12.4. The van der Waals surface area contributed by atoms with Gasteiger partial charge in [0.05, 0.1) is 6.61 Å². The Balaban J connectivity index is 3.32. The molecular formula is C15H31O. The van der Waals surface area contributed by atoms with E-state index in [4.69, 9.17) is 0 Å². The van der Waals surface area contributed by atoms with Crippen LogP contribution in [0.4, 0.5) is 0 Å². The summed E-state index contributed by atoms with van der Waals surface area (Å²) in [5.41, 5.74) is 0. The first-order chi connectivity index (χ1) is 7.56. The second kappa shape index (κ2) is 10.1. The Morgan fingerprint density at radius 3 is 1.56 bits per heavy atom. The third kappa shape index (κ3) is 10.5. The summed E-state index contributed by atoms with van der Waals surface area (Å²) in [6.45, 7) is 9.29. The number of hydrogen-bond acceptors (Lipinski definition) is 0. The second-order valence-corrected chi connectivity index (χ2v) is 5.96. The van der Waals surface area contributed by atoms with E-state index in [0.717, 1.165) is 18.3 Å². The SMILES string of the molecule is CC(C)CCCC(C)CCCC(C)CC[O]. The molecule has 0 saturated heterocycles. The van der Waals surface area contributed by atoms with Gasteiger partial charge < -0.3 is 0 Å². The maximum Gasteiger partial charge on any atom is 0.0824 e. The van der Waals surface area contributed by atoms with Crippen LogP contribution >= 0.6 is 0 Å². The third-order valence-electron chi connectivity index (χ3n) is 3.48. The van der Waals surface area contributed by atoms with Gasteiger partial charge in [0.1, 0.15) is 0 Å². The van der Waals surface area contributed by atoms with Crippen LogP contribution in [0.5, 0.6) is 0 Å². The molecule has 0 aliphatic heterocycles. The van der Waals surface area contributed by atoms with Gasteiger partial charge in [-0.25, -0.2) is 5.11 Å². The molecule has 0 N–H and O–H groups in total. The van der Waals surface area contributed by atoms with Crippen LogP contribution in [0.25, 0.3) is 0 Å². The third-order valence-corrected chi connectivity index (χ3v) is 3.48. The molecule has 0 bridgehead atoms. The first kappa shape index (κ1) is 16.0. The number of rotatable bonds is 10. The highest BCUT2D eigenvalue weighted by Gasteiger charge is 2.05. The molecule has 2 atom stereocenters. The van der Waals surface area contributed by atoms with Gasteiger partial charge in [0.2, 0.25) is 0 Å². The molecule has 97 valence electrons. The van der Waals surface area contributed by atoms with E-state index in [9.17, 15) is 5.11 Å². The molecule has 0 rings (SSSR count). The smallest absolute Gasteiger partial charge is 0.0824 e. The summed E-state index contributed by atoms with van der Waals surface area (Å²) >= 11 is 0. The Hall–Kier alpha value is -0.0400. The summed E-state index contributed by atoms with van der Waals surface area (Å²) in [5.74, 6) is 2.36. The number of hydrogen-bond donors (Lipinski definition) is 0. The van der Waals surface area contributed by atoms with Gasteiger partial charge in [0.25, 0.3) is 0 Å². The summed E-state index contributed by atoms with van der Waals surface area (Å²) < 4.78 is 0. The normalized spacial score (nSPS) is 15.4. The Labute approximate surface area is 103 Å². The molecular weight excluding hydrogens is 196 g/mol. The predicted molar refractivity (Wildman–Crippen MR) is 71.0 cm³/mol. The molecule has 16 heavy (non-hydrogen) atoms. The molecule has 2 unspecified atom stereocenters. The van der Waals surface area contributed by atoms with Crippen LogP contribution in [-0.2, 0) is 5.11 Å². The molecule has 0 amide bonds. The highest BCUT2D eigenvalue weighted by molar-refractivity contribution is 4.58. The molecule has 0 fully saturated rings. The topological polar surface area (TPSA) is 19.9 Å². The minimum atomic E-state index is 0.102. The lowest BCUT2D eigenvalue weighted by molar-refractivity contribution is 0.170.